The molecule has 2 rings (SSSR count). The average Bonchev–Trinajstić information content (AvgIpc) is 2.42. The van der Waals surface area contributed by atoms with Gasteiger partial charge in [0.1, 0.15) is 0 Å². The van der Waals surface area contributed by atoms with Crippen LogP contribution in [-0.2, 0) is 4.79 Å². The Labute approximate surface area is 89.8 Å². The van der Waals surface area contributed by atoms with Crippen molar-refractivity contribution in [3.8, 4) is 0 Å². The Balaban J connectivity index is 2.14. The average molecular weight is 214 g/mol. The van der Waals surface area contributed by atoms with E-state index >= 15 is 0 Å². The van der Waals surface area contributed by atoms with Gasteiger partial charge in [0, 0.05) is 24.5 Å². The van der Waals surface area contributed by atoms with Gasteiger partial charge in [-0.05, 0) is 26.7 Å². The summed E-state index contributed by atoms with van der Waals surface area (Å²) in [6, 6.07) is 0.00264. The van der Waals surface area contributed by atoms with Crippen LogP contribution in [0.3, 0.4) is 0 Å². The molecule has 1 aliphatic heterocycles. The summed E-state index contributed by atoms with van der Waals surface area (Å²) in [6.45, 7) is 4.54. The number of alkyl halides is 1. The fourth-order valence-electron chi connectivity index (χ4n) is 2.68. The molecule has 0 bridgehead atoms. The molecule has 1 aliphatic carbocycles. The SMILES string of the molecule is CC(C)NC(=O)C1(F)CNCC12CCC2. The molecular formula is C11H19FN2O. The summed E-state index contributed by atoms with van der Waals surface area (Å²) in [5.74, 6) is -0.429. The molecular weight excluding hydrogens is 195 g/mol. The minimum atomic E-state index is -1.68. The number of hydrogen-bond acceptors (Lipinski definition) is 2. The second-order valence-electron chi connectivity index (χ2n) is 5.17. The third kappa shape index (κ3) is 1.46. The van der Waals surface area contributed by atoms with E-state index in [-0.39, 0.29) is 12.6 Å². The standard InChI is InChI=1S/C11H19FN2O/c1-8(2)14-9(15)11(12)7-13-6-10(11)4-3-5-10/h8,13H,3-7H2,1-2H3,(H,14,15). The molecule has 15 heavy (non-hydrogen) atoms. The van der Waals surface area contributed by atoms with Gasteiger partial charge in [-0.1, -0.05) is 6.42 Å². The molecule has 0 radical (unpaired) electrons. The fraction of sp³-hybridized carbons (Fsp3) is 0.909. The monoisotopic (exact) mass is 214 g/mol. The summed E-state index contributed by atoms with van der Waals surface area (Å²) < 4.78 is 14.7. The first-order chi connectivity index (χ1) is 7.00. The molecule has 86 valence electrons. The number of rotatable bonds is 2. The molecule has 1 saturated heterocycles. The van der Waals surface area contributed by atoms with Crippen LogP contribution < -0.4 is 10.6 Å². The Morgan fingerprint density at radius 1 is 1.40 bits per heavy atom. The van der Waals surface area contributed by atoms with E-state index in [1.807, 2.05) is 13.8 Å². The molecule has 2 fully saturated rings. The van der Waals surface area contributed by atoms with E-state index in [1.54, 1.807) is 0 Å². The van der Waals surface area contributed by atoms with Crippen LogP contribution >= 0.6 is 0 Å². The number of nitrogens with one attached hydrogen (secondary N) is 2. The van der Waals surface area contributed by atoms with E-state index in [0.717, 1.165) is 19.3 Å². The van der Waals surface area contributed by atoms with Gasteiger partial charge in [-0.2, -0.15) is 0 Å². The largest absolute Gasteiger partial charge is 0.351 e. The lowest BCUT2D eigenvalue weighted by Gasteiger charge is -2.45. The van der Waals surface area contributed by atoms with Crippen molar-refractivity contribution in [2.45, 2.75) is 44.8 Å². The van der Waals surface area contributed by atoms with Crippen LogP contribution in [0.25, 0.3) is 0 Å². The summed E-state index contributed by atoms with van der Waals surface area (Å²) in [6.07, 6.45) is 2.71. The van der Waals surface area contributed by atoms with E-state index < -0.39 is 17.0 Å². The van der Waals surface area contributed by atoms with Crippen LogP contribution in [0.2, 0.25) is 0 Å². The minimum absolute atomic E-state index is 0.00264. The van der Waals surface area contributed by atoms with Crippen molar-refractivity contribution < 1.29 is 9.18 Å². The van der Waals surface area contributed by atoms with Gasteiger partial charge in [0.25, 0.3) is 5.91 Å². The Morgan fingerprint density at radius 3 is 2.53 bits per heavy atom. The predicted molar refractivity (Wildman–Crippen MR) is 56.3 cm³/mol. The van der Waals surface area contributed by atoms with Crippen LogP contribution in [0, 0.1) is 5.41 Å². The van der Waals surface area contributed by atoms with Gasteiger partial charge in [-0.15, -0.1) is 0 Å². The molecule has 2 N–H and O–H groups in total. The Morgan fingerprint density at radius 2 is 2.07 bits per heavy atom. The first kappa shape index (κ1) is 10.9. The fourth-order valence-corrected chi connectivity index (χ4v) is 2.68. The van der Waals surface area contributed by atoms with Crippen molar-refractivity contribution in [3.63, 3.8) is 0 Å². The van der Waals surface area contributed by atoms with Gasteiger partial charge in [-0.3, -0.25) is 4.79 Å². The zero-order chi connectivity index (χ0) is 11.1. The molecule has 0 aromatic carbocycles. The highest BCUT2D eigenvalue weighted by Gasteiger charge is 2.63. The molecule has 1 unspecified atom stereocenters. The second kappa shape index (κ2) is 3.44. The Hall–Kier alpha value is -0.640. The van der Waals surface area contributed by atoms with Crippen molar-refractivity contribution in [2.75, 3.05) is 13.1 Å². The number of carbonyl (C=O) groups is 1. The molecule has 0 aromatic heterocycles. The maximum Gasteiger partial charge on any atom is 0.259 e. The highest BCUT2D eigenvalue weighted by molar-refractivity contribution is 5.87. The van der Waals surface area contributed by atoms with Crippen molar-refractivity contribution in [2.24, 2.45) is 5.41 Å². The molecule has 2 aliphatic rings. The third-order valence-electron chi connectivity index (χ3n) is 3.76. The van der Waals surface area contributed by atoms with Gasteiger partial charge < -0.3 is 10.6 Å². The van der Waals surface area contributed by atoms with Gasteiger partial charge in [0.05, 0.1) is 0 Å². The van der Waals surface area contributed by atoms with Crippen molar-refractivity contribution >= 4 is 5.91 Å². The van der Waals surface area contributed by atoms with Crippen LogP contribution in [0.1, 0.15) is 33.1 Å². The van der Waals surface area contributed by atoms with E-state index in [2.05, 4.69) is 10.6 Å². The summed E-state index contributed by atoms with van der Waals surface area (Å²) in [4.78, 5) is 11.9. The highest BCUT2D eigenvalue weighted by Crippen LogP contribution is 2.53. The number of amides is 1. The summed E-state index contributed by atoms with van der Waals surface area (Å²) >= 11 is 0. The molecule has 1 spiro atoms. The van der Waals surface area contributed by atoms with Gasteiger partial charge in [0.15, 0.2) is 0 Å². The van der Waals surface area contributed by atoms with Crippen molar-refractivity contribution in [1.29, 1.82) is 0 Å². The lowest BCUT2D eigenvalue weighted by atomic mass is 9.61. The van der Waals surface area contributed by atoms with Gasteiger partial charge >= 0.3 is 0 Å². The summed E-state index contributed by atoms with van der Waals surface area (Å²) in [5.41, 5.74) is -2.10. The maximum atomic E-state index is 14.7. The summed E-state index contributed by atoms with van der Waals surface area (Å²) in [7, 11) is 0. The van der Waals surface area contributed by atoms with E-state index in [0.29, 0.717) is 6.54 Å². The van der Waals surface area contributed by atoms with Crippen LogP contribution in [0.4, 0.5) is 4.39 Å². The van der Waals surface area contributed by atoms with Crippen molar-refractivity contribution in [3.05, 3.63) is 0 Å². The molecule has 1 heterocycles. The number of carbonyl (C=O) groups excluding carboxylic acids is 1. The van der Waals surface area contributed by atoms with Crippen LogP contribution in [-0.4, -0.2) is 30.7 Å². The normalized spacial score (nSPS) is 33.1. The maximum absolute atomic E-state index is 14.7. The molecule has 1 atom stereocenters. The number of hydrogen-bond donors (Lipinski definition) is 2. The van der Waals surface area contributed by atoms with Gasteiger partial charge in [-0.25, -0.2) is 4.39 Å². The summed E-state index contributed by atoms with van der Waals surface area (Å²) in [5, 5.41) is 5.72. The van der Waals surface area contributed by atoms with Gasteiger partial charge in [0.2, 0.25) is 5.67 Å². The predicted octanol–water partition coefficient (Wildman–Crippen LogP) is 0.993. The molecule has 1 amide bonds. The molecule has 0 aromatic rings. The van der Waals surface area contributed by atoms with E-state index in [9.17, 15) is 9.18 Å². The van der Waals surface area contributed by atoms with Crippen molar-refractivity contribution in [1.82, 2.24) is 10.6 Å². The Bertz CT molecular complexity index is 276. The van der Waals surface area contributed by atoms with Crippen LogP contribution in [0.5, 0.6) is 0 Å². The smallest absolute Gasteiger partial charge is 0.259 e. The van der Waals surface area contributed by atoms with E-state index in [1.165, 1.54) is 0 Å². The molecule has 3 nitrogen and oxygen atoms in total. The molecule has 4 heteroatoms. The Kier molecular flexibility index (Phi) is 2.49. The molecule has 1 saturated carbocycles. The van der Waals surface area contributed by atoms with Crippen LogP contribution in [0.15, 0.2) is 0 Å². The minimum Gasteiger partial charge on any atom is -0.351 e. The third-order valence-corrected chi connectivity index (χ3v) is 3.76. The number of halogens is 1. The first-order valence-corrected chi connectivity index (χ1v) is 5.71. The lowest BCUT2D eigenvalue weighted by Crippen LogP contribution is -2.58. The first-order valence-electron chi connectivity index (χ1n) is 5.71. The highest BCUT2D eigenvalue weighted by atomic mass is 19.1. The van der Waals surface area contributed by atoms with E-state index in [4.69, 9.17) is 0 Å². The zero-order valence-corrected chi connectivity index (χ0v) is 9.40. The quantitative estimate of drug-likeness (QED) is 0.720. The second-order valence-corrected chi connectivity index (χ2v) is 5.17. The zero-order valence-electron chi connectivity index (χ0n) is 9.40. The lowest BCUT2D eigenvalue weighted by molar-refractivity contribution is -0.144. The topological polar surface area (TPSA) is 41.1 Å².